The third-order valence-corrected chi connectivity index (χ3v) is 5.72. The van der Waals surface area contributed by atoms with E-state index in [-0.39, 0.29) is 5.54 Å². The van der Waals surface area contributed by atoms with E-state index < -0.39 is 0 Å². The minimum atomic E-state index is -0.320. The molecule has 9 nitrogen and oxygen atoms in total. The number of hydrogen-bond donors (Lipinski definition) is 1. The van der Waals surface area contributed by atoms with Crippen molar-refractivity contribution in [1.29, 1.82) is 5.26 Å². The van der Waals surface area contributed by atoms with E-state index in [2.05, 4.69) is 40.0 Å². The van der Waals surface area contributed by atoms with Gasteiger partial charge in [-0.3, -0.25) is 4.68 Å². The van der Waals surface area contributed by atoms with Gasteiger partial charge in [0.25, 0.3) is 0 Å². The van der Waals surface area contributed by atoms with Crippen LogP contribution in [0, 0.1) is 17.2 Å². The van der Waals surface area contributed by atoms with Gasteiger partial charge in [-0.05, 0) is 30.2 Å². The molecule has 9 heteroatoms. The van der Waals surface area contributed by atoms with Crippen LogP contribution in [-0.4, -0.2) is 49.6 Å². The second-order valence-electron chi connectivity index (χ2n) is 9.08. The summed E-state index contributed by atoms with van der Waals surface area (Å²) in [5.74, 6) is 1.98. The lowest BCUT2D eigenvalue weighted by molar-refractivity contribution is 0.269. The van der Waals surface area contributed by atoms with Gasteiger partial charge >= 0.3 is 0 Å². The molecule has 1 saturated heterocycles. The lowest BCUT2D eigenvalue weighted by Gasteiger charge is -2.48. The second kappa shape index (κ2) is 8.22. The minimum absolute atomic E-state index is 0.320. The Morgan fingerprint density at radius 1 is 1.24 bits per heavy atom. The number of fused-ring (bicyclic) bond motifs is 1. The lowest BCUT2D eigenvalue weighted by Crippen LogP contribution is -2.69. The molecule has 4 aromatic heterocycles. The molecule has 5 rings (SSSR count). The highest BCUT2D eigenvalue weighted by Crippen LogP contribution is 2.32. The summed E-state index contributed by atoms with van der Waals surface area (Å²) in [5.41, 5.74) is 9.20. The van der Waals surface area contributed by atoms with Crippen molar-refractivity contribution in [3.05, 3.63) is 60.8 Å². The van der Waals surface area contributed by atoms with Crippen LogP contribution in [0.5, 0.6) is 5.75 Å². The van der Waals surface area contributed by atoms with Crippen LogP contribution in [-0.2, 0) is 6.54 Å². The van der Waals surface area contributed by atoms with Gasteiger partial charge in [0.05, 0.1) is 42.2 Å². The molecule has 2 N–H and O–H groups in total. The summed E-state index contributed by atoms with van der Waals surface area (Å²) >= 11 is 0. The Kier molecular flexibility index (Phi) is 5.23. The molecule has 0 radical (unpaired) electrons. The molecule has 1 fully saturated rings. The first-order valence-electron chi connectivity index (χ1n) is 11.0. The lowest BCUT2D eigenvalue weighted by atomic mass is 9.91. The fourth-order valence-electron chi connectivity index (χ4n) is 4.17. The number of nitriles is 1. The fourth-order valence-corrected chi connectivity index (χ4v) is 4.17. The molecule has 0 saturated carbocycles. The summed E-state index contributed by atoms with van der Waals surface area (Å²) in [6.07, 6.45) is 8.90. The first-order chi connectivity index (χ1) is 15.9. The van der Waals surface area contributed by atoms with Crippen molar-refractivity contribution in [2.45, 2.75) is 25.9 Å². The van der Waals surface area contributed by atoms with Crippen molar-refractivity contribution in [2.24, 2.45) is 11.7 Å². The van der Waals surface area contributed by atoms with E-state index in [1.165, 1.54) is 0 Å². The highest BCUT2D eigenvalue weighted by Gasteiger charge is 2.40. The van der Waals surface area contributed by atoms with Crippen molar-refractivity contribution in [2.75, 3.05) is 24.6 Å². The predicted molar refractivity (Wildman–Crippen MR) is 125 cm³/mol. The standard InChI is InChI=1S/C24H26N8O/c1-17(2)13-33-20-8-21(23-19(9-25)11-29-32(23)12-20)18-4-5-22(27-10-18)30-14-24(26,15-30)16-31-7-3-6-28-31/h3-8,10-12,17H,13-16,26H2,1-2H3. The number of nitrogens with zero attached hydrogens (tertiary/aromatic N) is 7. The Labute approximate surface area is 192 Å². The first-order valence-corrected chi connectivity index (χ1v) is 11.0. The van der Waals surface area contributed by atoms with Gasteiger partial charge < -0.3 is 15.4 Å². The number of ether oxygens (including phenoxy) is 1. The Bertz CT molecular complexity index is 1290. The van der Waals surface area contributed by atoms with Gasteiger partial charge in [-0.2, -0.15) is 15.5 Å². The quantitative estimate of drug-likeness (QED) is 0.468. The summed E-state index contributed by atoms with van der Waals surface area (Å²) in [4.78, 5) is 6.84. The predicted octanol–water partition coefficient (Wildman–Crippen LogP) is 2.72. The average molecular weight is 443 g/mol. The molecule has 0 spiro atoms. The van der Waals surface area contributed by atoms with Gasteiger partial charge in [-0.25, -0.2) is 9.50 Å². The molecule has 33 heavy (non-hydrogen) atoms. The zero-order valence-corrected chi connectivity index (χ0v) is 18.7. The van der Waals surface area contributed by atoms with Gasteiger partial charge in [0, 0.05) is 42.8 Å². The van der Waals surface area contributed by atoms with Crippen LogP contribution >= 0.6 is 0 Å². The summed E-state index contributed by atoms with van der Waals surface area (Å²) in [6.45, 7) is 6.90. The topological polar surface area (TPSA) is 110 Å². The van der Waals surface area contributed by atoms with Crippen LogP contribution in [0.25, 0.3) is 16.6 Å². The molecule has 1 aliphatic heterocycles. The summed E-state index contributed by atoms with van der Waals surface area (Å²) in [5, 5.41) is 18.2. The molecule has 168 valence electrons. The third kappa shape index (κ3) is 4.13. The van der Waals surface area contributed by atoms with Gasteiger partial charge in [0.2, 0.25) is 0 Å². The maximum atomic E-state index is 9.56. The largest absolute Gasteiger partial charge is 0.492 e. The van der Waals surface area contributed by atoms with Crippen LogP contribution < -0.4 is 15.4 Å². The Balaban J connectivity index is 1.39. The highest BCUT2D eigenvalue weighted by atomic mass is 16.5. The number of pyridine rings is 2. The van der Waals surface area contributed by atoms with E-state index in [1.54, 1.807) is 16.9 Å². The maximum Gasteiger partial charge on any atom is 0.138 e. The van der Waals surface area contributed by atoms with Crippen molar-refractivity contribution in [1.82, 2.24) is 24.4 Å². The number of rotatable bonds is 7. The molecular weight excluding hydrogens is 416 g/mol. The van der Waals surface area contributed by atoms with Crippen LogP contribution in [0.15, 0.2) is 55.2 Å². The molecule has 0 aromatic carbocycles. The van der Waals surface area contributed by atoms with Gasteiger partial charge in [-0.1, -0.05) is 13.8 Å². The normalized spacial score (nSPS) is 14.9. The molecular formula is C24H26N8O. The molecule has 0 unspecified atom stereocenters. The third-order valence-electron chi connectivity index (χ3n) is 5.72. The van der Waals surface area contributed by atoms with Crippen molar-refractivity contribution < 1.29 is 4.74 Å². The number of anilines is 1. The molecule has 0 amide bonds. The summed E-state index contributed by atoms with van der Waals surface area (Å²) < 4.78 is 9.51. The Hall–Kier alpha value is -3.90. The van der Waals surface area contributed by atoms with E-state index in [4.69, 9.17) is 10.5 Å². The fraction of sp³-hybridized carbons (Fsp3) is 0.333. The van der Waals surface area contributed by atoms with E-state index in [9.17, 15) is 5.26 Å². The van der Waals surface area contributed by atoms with Crippen molar-refractivity contribution >= 4 is 11.3 Å². The first kappa shape index (κ1) is 21.0. The van der Waals surface area contributed by atoms with Gasteiger partial charge in [0.1, 0.15) is 17.6 Å². The Morgan fingerprint density at radius 3 is 2.76 bits per heavy atom. The number of hydrogen-bond acceptors (Lipinski definition) is 7. The zero-order chi connectivity index (χ0) is 23.0. The maximum absolute atomic E-state index is 9.56. The van der Waals surface area contributed by atoms with Crippen LogP contribution in [0.1, 0.15) is 19.4 Å². The molecule has 1 aliphatic rings. The molecule has 4 aromatic rings. The summed E-state index contributed by atoms with van der Waals surface area (Å²) in [7, 11) is 0. The zero-order valence-electron chi connectivity index (χ0n) is 18.7. The SMILES string of the molecule is CC(C)COc1cc(-c2ccc(N3CC(N)(Cn4cccn4)C3)nc2)c2c(C#N)cnn2c1. The second-order valence-corrected chi connectivity index (χ2v) is 9.08. The van der Waals surface area contributed by atoms with Crippen LogP contribution in [0.2, 0.25) is 0 Å². The molecule has 0 atom stereocenters. The number of nitrogens with two attached hydrogens (primary N) is 1. The van der Waals surface area contributed by atoms with Crippen LogP contribution in [0.4, 0.5) is 5.82 Å². The van der Waals surface area contributed by atoms with E-state index in [0.717, 1.165) is 22.5 Å². The minimum Gasteiger partial charge on any atom is -0.492 e. The van der Waals surface area contributed by atoms with E-state index in [0.29, 0.717) is 43.5 Å². The molecule has 5 heterocycles. The summed E-state index contributed by atoms with van der Waals surface area (Å²) in [6, 6.07) is 10.1. The van der Waals surface area contributed by atoms with E-state index >= 15 is 0 Å². The van der Waals surface area contributed by atoms with Crippen molar-refractivity contribution in [3.8, 4) is 22.9 Å². The molecule has 0 bridgehead atoms. The van der Waals surface area contributed by atoms with E-state index in [1.807, 2.05) is 47.5 Å². The Morgan fingerprint density at radius 2 is 2.09 bits per heavy atom. The number of aromatic nitrogens is 5. The van der Waals surface area contributed by atoms with Crippen molar-refractivity contribution in [3.63, 3.8) is 0 Å². The monoisotopic (exact) mass is 442 g/mol. The van der Waals surface area contributed by atoms with Crippen LogP contribution in [0.3, 0.4) is 0 Å². The highest BCUT2D eigenvalue weighted by molar-refractivity contribution is 5.85. The smallest absolute Gasteiger partial charge is 0.138 e. The van der Waals surface area contributed by atoms with Gasteiger partial charge in [0.15, 0.2) is 0 Å². The molecule has 0 aliphatic carbocycles. The average Bonchev–Trinajstić information content (AvgIpc) is 3.45. The van der Waals surface area contributed by atoms with Gasteiger partial charge in [-0.15, -0.1) is 0 Å².